The number of esters is 1. The molecule has 1 aliphatic rings. The van der Waals surface area contributed by atoms with Gasteiger partial charge in [-0.15, -0.1) is 0 Å². The van der Waals surface area contributed by atoms with E-state index in [1.54, 1.807) is 18.2 Å². The minimum absolute atomic E-state index is 0.194. The molecule has 1 saturated heterocycles. The van der Waals surface area contributed by atoms with Crippen molar-refractivity contribution in [2.45, 2.75) is 18.9 Å². The van der Waals surface area contributed by atoms with Gasteiger partial charge in [-0.25, -0.2) is 9.18 Å². The number of amides is 2. The van der Waals surface area contributed by atoms with Crippen molar-refractivity contribution < 1.29 is 23.5 Å². The van der Waals surface area contributed by atoms with Crippen LogP contribution >= 0.6 is 0 Å². The lowest BCUT2D eigenvalue weighted by molar-refractivity contribution is -0.120. The minimum Gasteiger partial charge on any atom is -0.465 e. The van der Waals surface area contributed by atoms with Gasteiger partial charge in [-0.1, -0.05) is 6.07 Å². The lowest BCUT2D eigenvalue weighted by atomic mass is 10.1. The molecule has 3 rings (SSSR count). The number of carbonyl (C=O) groups is 3. The van der Waals surface area contributed by atoms with E-state index in [0.29, 0.717) is 23.4 Å². The molecule has 1 N–H and O–H groups in total. The maximum absolute atomic E-state index is 13.1. The molecule has 0 bridgehead atoms. The number of halogens is 1. The van der Waals surface area contributed by atoms with Crippen LogP contribution in [-0.2, 0) is 14.3 Å². The van der Waals surface area contributed by atoms with Crippen molar-refractivity contribution in [1.82, 2.24) is 0 Å². The fraction of sp³-hybridized carbons (Fsp3) is 0.211. The second kappa shape index (κ2) is 7.35. The fourth-order valence-electron chi connectivity index (χ4n) is 2.92. The van der Waals surface area contributed by atoms with Gasteiger partial charge in [0.25, 0.3) is 0 Å². The maximum Gasteiger partial charge on any atom is 0.337 e. The van der Waals surface area contributed by atoms with E-state index in [4.69, 9.17) is 0 Å². The molecule has 1 fully saturated rings. The quantitative estimate of drug-likeness (QED) is 0.855. The first-order chi connectivity index (χ1) is 12.5. The van der Waals surface area contributed by atoms with E-state index in [0.717, 1.165) is 0 Å². The van der Waals surface area contributed by atoms with Crippen LogP contribution in [0.2, 0.25) is 0 Å². The lowest BCUT2D eigenvalue weighted by Gasteiger charge is -2.24. The third-order valence-corrected chi connectivity index (χ3v) is 4.17. The van der Waals surface area contributed by atoms with Crippen LogP contribution in [0.15, 0.2) is 48.5 Å². The summed E-state index contributed by atoms with van der Waals surface area (Å²) in [7, 11) is 1.28. The number of anilines is 2. The predicted octanol–water partition coefficient (Wildman–Crippen LogP) is 2.75. The second-order valence-electron chi connectivity index (χ2n) is 5.86. The van der Waals surface area contributed by atoms with E-state index < -0.39 is 17.8 Å². The SMILES string of the molecule is COC(=O)c1cccc(NC(=O)C2CCC(=O)N2c2ccc(F)cc2)c1. The van der Waals surface area contributed by atoms with Gasteiger partial charge in [-0.05, 0) is 48.9 Å². The summed E-state index contributed by atoms with van der Waals surface area (Å²) in [6.45, 7) is 0. The first kappa shape index (κ1) is 17.6. The summed E-state index contributed by atoms with van der Waals surface area (Å²) in [6.07, 6.45) is 0.594. The van der Waals surface area contributed by atoms with Gasteiger partial charge in [-0.3, -0.25) is 14.5 Å². The van der Waals surface area contributed by atoms with Crippen LogP contribution in [0.1, 0.15) is 23.2 Å². The van der Waals surface area contributed by atoms with Gasteiger partial charge >= 0.3 is 5.97 Å². The van der Waals surface area contributed by atoms with Crippen molar-refractivity contribution in [3.8, 4) is 0 Å². The molecule has 6 nitrogen and oxygen atoms in total. The molecule has 1 aliphatic heterocycles. The Morgan fingerprint density at radius 2 is 1.92 bits per heavy atom. The Kier molecular flexibility index (Phi) is 4.97. The third-order valence-electron chi connectivity index (χ3n) is 4.17. The van der Waals surface area contributed by atoms with Crippen LogP contribution in [0.4, 0.5) is 15.8 Å². The summed E-state index contributed by atoms with van der Waals surface area (Å²) in [6, 6.07) is 11.1. The highest BCUT2D eigenvalue weighted by Gasteiger charge is 2.37. The topological polar surface area (TPSA) is 75.7 Å². The molecule has 134 valence electrons. The Morgan fingerprint density at radius 1 is 1.19 bits per heavy atom. The van der Waals surface area contributed by atoms with Gasteiger partial charge in [0.05, 0.1) is 12.7 Å². The number of nitrogens with one attached hydrogen (secondary N) is 1. The Labute approximate surface area is 149 Å². The summed E-state index contributed by atoms with van der Waals surface area (Å²) in [5.41, 5.74) is 1.21. The number of hydrogen-bond donors (Lipinski definition) is 1. The zero-order chi connectivity index (χ0) is 18.7. The highest BCUT2D eigenvalue weighted by atomic mass is 19.1. The zero-order valence-corrected chi connectivity index (χ0v) is 14.1. The average Bonchev–Trinajstić information content (AvgIpc) is 3.03. The molecule has 2 aromatic rings. The molecule has 0 radical (unpaired) electrons. The standard InChI is InChI=1S/C19H17FN2O4/c1-26-19(25)12-3-2-4-14(11-12)21-18(24)16-9-10-17(23)22(16)15-7-5-13(20)6-8-15/h2-8,11,16H,9-10H2,1H3,(H,21,24). The number of nitrogens with zero attached hydrogens (tertiary/aromatic N) is 1. The zero-order valence-electron chi connectivity index (χ0n) is 14.1. The average molecular weight is 356 g/mol. The highest BCUT2D eigenvalue weighted by Crippen LogP contribution is 2.28. The molecular formula is C19H17FN2O4. The minimum atomic E-state index is -0.699. The van der Waals surface area contributed by atoms with E-state index in [2.05, 4.69) is 10.1 Å². The van der Waals surface area contributed by atoms with E-state index in [9.17, 15) is 18.8 Å². The summed E-state index contributed by atoms with van der Waals surface area (Å²) in [5, 5.41) is 2.72. The van der Waals surface area contributed by atoms with Crippen LogP contribution in [0.3, 0.4) is 0 Å². The first-order valence-electron chi connectivity index (χ1n) is 8.06. The van der Waals surface area contributed by atoms with Crippen LogP contribution < -0.4 is 10.2 Å². The van der Waals surface area contributed by atoms with Gasteiger partial charge in [0.1, 0.15) is 11.9 Å². The molecule has 0 spiro atoms. The van der Waals surface area contributed by atoms with Crippen molar-refractivity contribution in [1.29, 1.82) is 0 Å². The summed E-state index contributed by atoms with van der Waals surface area (Å²) in [5.74, 6) is -1.49. The number of carbonyl (C=O) groups excluding carboxylic acids is 3. The molecule has 2 aromatic carbocycles. The van der Waals surface area contributed by atoms with Crippen LogP contribution in [-0.4, -0.2) is 30.9 Å². The van der Waals surface area contributed by atoms with Gasteiger partial charge in [0.15, 0.2) is 0 Å². The number of hydrogen-bond acceptors (Lipinski definition) is 4. The molecule has 1 unspecified atom stereocenters. The van der Waals surface area contributed by atoms with Crippen LogP contribution in [0, 0.1) is 5.82 Å². The molecule has 1 atom stereocenters. The summed E-state index contributed by atoms with van der Waals surface area (Å²) >= 11 is 0. The van der Waals surface area contributed by atoms with E-state index in [-0.39, 0.29) is 18.2 Å². The molecule has 7 heteroatoms. The van der Waals surface area contributed by atoms with Crippen molar-refractivity contribution in [3.63, 3.8) is 0 Å². The van der Waals surface area contributed by atoms with E-state index in [1.807, 2.05) is 0 Å². The smallest absolute Gasteiger partial charge is 0.337 e. The molecule has 1 heterocycles. The van der Waals surface area contributed by atoms with E-state index >= 15 is 0 Å². The van der Waals surface area contributed by atoms with Crippen LogP contribution in [0.5, 0.6) is 0 Å². The molecular weight excluding hydrogens is 339 g/mol. The largest absolute Gasteiger partial charge is 0.465 e. The first-order valence-corrected chi connectivity index (χ1v) is 8.06. The van der Waals surface area contributed by atoms with Crippen molar-refractivity contribution in [2.75, 3.05) is 17.3 Å². The van der Waals surface area contributed by atoms with Crippen molar-refractivity contribution in [2.24, 2.45) is 0 Å². The normalized spacial score (nSPS) is 16.5. The molecule has 0 saturated carbocycles. The van der Waals surface area contributed by atoms with Gasteiger partial charge < -0.3 is 10.1 Å². The maximum atomic E-state index is 13.1. The molecule has 0 aromatic heterocycles. The van der Waals surface area contributed by atoms with Gasteiger partial charge in [-0.2, -0.15) is 0 Å². The predicted molar refractivity (Wildman–Crippen MR) is 93.3 cm³/mol. The number of ether oxygens (including phenoxy) is 1. The monoisotopic (exact) mass is 356 g/mol. The third kappa shape index (κ3) is 3.56. The number of methoxy groups -OCH3 is 1. The Hall–Kier alpha value is -3.22. The molecule has 26 heavy (non-hydrogen) atoms. The summed E-state index contributed by atoms with van der Waals surface area (Å²) < 4.78 is 17.8. The number of rotatable bonds is 4. The van der Waals surface area contributed by atoms with Crippen molar-refractivity contribution in [3.05, 3.63) is 59.9 Å². The second-order valence-corrected chi connectivity index (χ2v) is 5.86. The van der Waals surface area contributed by atoms with Gasteiger partial charge in [0, 0.05) is 17.8 Å². The van der Waals surface area contributed by atoms with E-state index in [1.165, 1.54) is 42.3 Å². The van der Waals surface area contributed by atoms with Gasteiger partial charge in [0.2, 0.25) is 11.8 Å². The Balaban J connectivity index is 1.79. The summed E-state index contributed by atoms with van der Waals surface area (Å²) in [4.78, 5) is 37.8. The van der Waals surface area contributed by atoms with Crippen LogP contribution in [0.25, 0.3) is 0 Å². The molecule has 0 aliphatic carbocycles. The number of benzene rings is 2. The Bertz CT molecular complexity index is 851. The molecule has 2 amide bonds. The van der Waals surface area contributed by atoms with Crippen molar-refractivity contribution >= 4 is 29.2 Å². The lowest BCUT2D eigenvalue weighted by Crippen LogP contribution is -2.41. The fourth-order valence-corrected chi connectivity index (χ4v) is 2.92. The Morgan fingerprint density at radius 3 is 2.62 bits per heavy atom. The highest BCUT2D eigenvalue weighted by molar-refractivity contribution is 6.07.